The molecule has 0 radical (unpaired) electrons. The number of halogens is 2. The third-order valence-electron chi connectivity index (χ3n) is 4.44. The summed E-state index contributed by atoms with van der Waals surface area (Å²) in [6.07, 6.45) is 3.48. The highest BCUT2D eigenvalue weighted by molar-refractivity contribution is 5.85. The number of nitrogens with one attached hydrogen (secondary N) is 2. The van der Waals surface area contributed by atoms with Crippen molar-refractivity contribution in [2.45, 2.75) is 26.2 Å². The summed E-state index contributed by atoms with van der Waals surface area (Å²) < 4.78 is 0. The Morgan fingerprint density at radius 1 is 1.37 bits per heavy atom. The summed E-state index contributed by atoms with van der Waals surface area (Å²) >= 11 is 0. The number of rotatable bonds is 5. The van der Waals surface area contributed by atoms with Crippen LogP contribution in [0.2, 0.25) is 0 Å². The molecule has 1 amide bonds. The Kier molecular flexibility index (Phi) is 8.29. The van der Waals surface area contributed by atoms with Gasteiger partial charge in [0.2, 0.25) is 5.91 Å². The van der Waals surface area contributed by atoms with Crippen LogP contribution in [0.1, 0.15) is 26.2 Å². The van der Waals surface area contributed by atoms with E-state index in [9.17, 15) is 4.79 Å². The van der Waals surface area contributed by atoms with Crippen LogP contribution in [-0.2, 0) is 4.79 Å². The lowest BCUT2D eigenvalue weighted by Gasteiger charge is -2.23. The zero-order chi connectivity index (χ0) is 12.3. The van der Waals surface area contributed by atoms with Gasteiger partial charge in [-0.05, 0) is 51.4 Å². The molecule has 2 aliphatic rings. The SMILES string of the molecule is CCN(C)CCNC(=O)C1CC12CCNCC2.Cl.Cl. The largest absolute Gasteiger partial charge is 0.355 e. The maximum absolute atomic E-state index is 12.0. The van der Waals surface area contributed by atoms with Gasteiger partial charge in [0, 0.05) is 19.0 Å². The van der Waals surface area contributed by atoms with Gasteiger partial charge in [0.05, 0.1) is 0 Å². The Bertz CT molecular complexity index is 283. The van der Waals surface area contributed by atoms with Crippen LogP contribution in [0.5, 0.6) is 0 Å². The van der Waals surface area contributed by atoms with Gasteiger partial charge in [0.25, 0.3) is 0 Å². The minimum absolute atomic E-state index is 0. The van der Waals surface area contributed by atoms with Crippen molar-refractivity contribution in [3.8, 4) is 0 Å². The Morgan fingerprint density at radius 3 is 2.58 bits per heavy atom. The molecule has 19 heavy (non-hydrogen) atoms. The van der Waals surface area contributed by atoms with Crippen molar-refractivity contribution in [2.75, 3.05) is 39.8 Å². The predicted octanol–water partition coefficient (Wildman–Crippen LogP) is 1.29. The highest BCUT2D eigenvalue weighted by Gasteiger charge is 2.57. The zero-order valence-corrected chi connectivity index (χ0v) is 13.5. The molecular formula is C13H27Cl2N3O. The third kappa shape index (κ3) is 4.78. The molecule has 114 valence electrons. The highest BCUT2D eigenvalue weighted by Crippen LogP contribution is 2.58. The Hall–Kier alpha value is -0.0300. The number of likely N-dealkylation sites (N-methyl/N-ethyl adjacent to an activating group) is 1. The molecule has 1 spiro atoms. The van der Waals surface area contributed by atoms with Crippen LogP contribution in [0.15, 0.2) is 0 Å². The molecular weight excluding hydrogens is 285 g/mol. The van der Waals surface area contributed by atoms with Crippen LogP contribution in [-0.4, -0.2) is 50.6 Å². The van der Waals surface area contributed by atoms with E-state index in [1.165, 1.54) is 12.8 Å². The van der Waals surface area contributed by atoms with E-state index in [1.54, 1.807) is 0 Å². The van der Waals surface area contributed by atoms with E-state index >= 15 is 0 Å². The molecule has 4 nitrogen and oxygen atoms in total. The molecule has 2 fully saturated rings. The van der Waals surface area contributed by atoms with E-state index in [-0.39, 0.29) is 30.7 Å². The molecule has 0 bridgehead atoms. The first-order valence-corrected chi connectivity index (χ1v) is 6.85. The number of hydrogen-bond donors (Lipinski definition) is 2. The smallest absolute Gasteiger partial charge is 0.223 e. The van der Waals surface area contributed by atoms with E-state index in [0.717, 1.165) is 39.1 Å². The van der Waals surface area contributed by atoms with Gasteiger partial charge < -0.3 is 15.5 Å². The van der Waals surface area contributed by atoms with E-state index in [0.29, 0.717) is 11.3 Å². The summed E-state index contributed by atoms with van der Waals surface area (Å²) in [6.45, 7) is 7.07. The molecule has 2 rings (SSSR count). The fraction of sp³-hybridized carbons (Fsp3) is 0.923. The van der Waals surface area contributed by atoms with Crippen molar-refractivity contribution in [1.82, 2.24) is 15.5 Å². The first-order chi connectivity index (χ1) is 8.18. The molecule has 1 saturated heterocycles. The molecule has 0 aromatic heterocycles. The maximum atomic E-state index is 12.0. The van der Waals surface area contributed by atoms with E-state index in [1.807, 2.05) is 0 Å². The van der Waals surface area contributed by atoms with Crippen molar-refractivity contribution in [3.63, 3.8) is 0 Å². The topological polar surface area (TPSA) is 44.4 Å². The number of hydrogen-bond acceptors (Lipinski definition) is 3. The molecule has 2 N–H and O–H groups in total. The molecule has 1 aliphatic carbocycles. The standard InChI is InChI=1S/C13H25N3O.2ClH/c1-3-16(2)9-8-15-12(17)11-10-13(11)4-6-14-7-5-13;;/h11,14H,3-10H2,1-2H3,(H,15,17);2*1H. The average Bonchev–Trinajstić information content (AvgIpc) is 3.03. The fourth-order valence-corrected chi connectivity index (χ4v) is 2.85. The Labute approximate surface area is 128 Å². The monoisotopic (exact) mass is 311 g/mol. The quantitative estimate of drug-likeness (QED) is 0.804. The summed E-state index contributed by atoms with van der Waals surface area (Å²) in [5.74, 6) is 0.591. The third-order valence-corrected chi connectivity index (χ3v) is 4.44. The second kappa shape index (κ2) is 8.30. The zero-order valence-electron chi connectivity index (χ0n) is 11.9. The Balaban J connectivity index is 0.00000162. The Morgan fingerprint density at radius 2 is 2.00 bits per heavy atom. The van der Waals surface area contributed by atoms with Crippen LogP contribution in [0.4, 0.5) is 0 Å². The van der Waals surface area contributed by atoms with E-state index in [2.05, 4.69) is 29.5 Å². The van der Waals surface area contributed by atoms with Crippen LogP contribution < -0.4 is 10.6 Å². The molecule has 1 heterocycles. The van der Waals surface area contributed by atoms with Crippen molar-refractivity contribution >= 4 is 30.7 Å². The summed E-state index contributed by atoms with van der Waals surface area (Å²) in [5.41, 5.74) is 0.367. The summed E-state index contributed by atoms with van der Waals surface area (Å²) in [7, 11) is 2.08. The first kappa shape index (κ1) is 19.0. The van der Waals surface area contributed by atoms with Crippen LogP contribution in [0.25, 0.3) is 0 Å². The molecule has 0 aromatic carbocycles. The lowest BCUT2D eigenvalue weighted by molar-refractivity contribution is -0.123. The first-order valence-electron chi connectivity index (χ1n) is 6.85. The van der Waals surface area contributed by atoms with Gasteiger partial charge in [0.1, 0.15) is 0 Å². The number of carbonyl (C=O) groups excluding carboxylic acids is 1. The number of amides is 1. The van der Waals surface area contributed by atoms with E-state index in [4.69, 9.17) is 0 Å². The second-order valence-corrected chi connectivity index (χ2v) is 5.56. The lowest BCUT2D eigenvalue weighted by Crippen LogP contribution is -2.36. The molecule has 0 aromatic rings. The molecule has 1 saturated carbocycles. The van der Waals surface area contributed by atoms with Crippen molar-refractivity contribution in [3.05, 3.63) is 0 Å². The predicted molar refractivity (Wildman–Crippen MR) is 83.3 cm³/mol. The van der Waals surface area contributed by atoms with Gasteiger partial charge in [-0.15, -0.1) is 24.8 Å². The molecule has 6 heteroatoms. The minimum atomic E-state index is 0. The number of carbonyl (C=O) groups is 1. The summed E-state index contributed by atoms with van der Waals surface area (Å²) in [5, 5.41) is 6.45. The van der Waals surface area contributed by atoms with E-state index < -0.39 is 0 Å². The molecule has 1 atom stereocenters. The highest BCUT2D eigenvalue weighted by atomic mass is 35.5. The normalized spacial score (nSPS) is 23.4. The fourth-order valence-electron chi connectivity index (χ4n) is 2.85. The lowest BCUT2D eigenvalue weighted by atomic mass is 9.92. The molecule has 1 unspecified atom stereocenters. The number of piperidine rings is 1. The summed E-state index contributed by atoms with van der Waals surface area (Å²) in [4.78, 5) is 14.2. The number of nitrogens with zero attached hydrogens (tertiary/aromatic N) is 1. The van der Waals surface area contributed by atoms with Crippen molar-refractivity contribution in [1.29, 1.82) is 0 Å². The van der Waals surface area contributed by atoms with Crippen molar-refractivity contribution in [2.24, 2.45) is 11.3 Å². The summed E-state index contributed by atoms with van der Waals surface area (Å²) in [6, 6.07) is 0. The molecule has 1 aliphatic heterocycles. The maximum Gasteiger partial charge on any atom is 0.223 e. The second-order valence-electron chi connectivity index (χ2n) is 5.56. The van der Waals surface area contributed by atoms with Gasteiger partial charge >= 0.3 is 0 Å². The van der Waals surface area contributed by atoms with Crippen LogP contribution in [0, 0.1) is 11.3 Å². The van der Waals surface area contributed by atoms with Gasteiger partial charge in [0.15, 0.2) is 0 Å². The van der Waals surface area contributed by atoms with Crippen LogP contribution >= 0.6 is 24.8 Å². The van der Waals surface area contributed by atoms with Gasteiger partial charge in [-0.25, -0.2) is 0 Å². The average molecular weight is 312 g/mol. The van der Waals surface area contributed by atoms with Gasteiger partial charge in [-0.3, -0.25) is 4.79 Å². The minimum Gasteiger partial charge on any atom is -0.355 e. The van der Waals surface area contributed by atoms with Crippen LogP contribution in [0.3, 0.4) is 0 Å². The van der Waals surface area contributed by atoms with Crippen molar-refractivity contribution < 1.29 is 4.79 Å². The van der Waals surface area contributed by atoms with Gasteiger partial charge in [-0.1, -0.05) is 6.92 Å². The van der Waals surface area contributed by atoms with Gasteiger partial charge in [-0.2, -0.15) is 0 Å².